The van der Waals surface area contributed by atoms with Gasteiger partial charge in [-0.3, -0.25) is 4.79 Å². The molecule has 0 fully saturated rings. The largest absolute Gasteiger partial charge is 0.362 e. The summed E-state index contributed by atoms with van der Waals surface area (Å²) in [5.41, 5.74) is 1.09. The SMILES string of the molecule is CCN(CC(=O)c1ccc(Br)cc1)c1ccccc1F. The van der Waals surface area contributed by atoms with Crippen LogP contribution in [0, 0.1) is 5.82 Å². The first-order chi connectivity index (χ1) is 9.61. The Morgan fingerprint density at radius 1 is 1.15 bits per heavy atom. The predicted octanol–water partition coefficient (Wildman–Crippen LogP) is 4.30. The normalized spacial score (nSPS) is 10.3. The Bertz CT molecular complexity index is 598. The fourth-order valence-electron chi connectivity index (χ4n) is 1.98. The van der Waals surface area contributed by atoms with E-state index >= 15 is 0 Å². The van der Waals surface area contributed by atoms with Crippen LogP contribution in [0.4, 0.5) is 10.1 Å². The summed E-state index contributed by atoms with van der Waals surface area (Å²) < 4.78 is 14.7. The Kier molecular flexibility index (Phi) is 4.90. The summed E-state index contributed by atoms with van der Waals surface area (Å²) in [6, 6.07) is 13.7. The van der Waals surface area contributed by atoms with E-state index in [1.165, 1.54) is 6.07 Å². The van der Waals surface area contributed by atoms with Gasteiger partial charge in [0.2, 0.25) is 0 Å². The van der Waals surface area contributed by atoms with Crippen LogP contribution in [0.1, 0.15) is 17.3 Å². The van der Waals surface area contributed by atoms with Crippen molar-refractivity contribution in [1.29, 1.82) is 0 Å². The van der Waals surface area contributed by atoms with E-state index in [-0.39, 0.29) is 18.1 Å². The maximum absolute atomic E-state index is 13.8. The second kappa shape index (κ2) is 6.66. The van der Waals surface area contributed by atoms with Gasteiger partial charge in [0.05, 0.1) is 12.2 Å². The standard InChI is InChI=1S/C16H15BrFNO/c1-2-19(15-6-4-3-5-14(15)18)11-16(20)12-7-9-13(17)10-8-12/h3-10H,2,11H2,1H3. The van der Waals surface area contributed by atoms with Gasteiger partial charge < -0.3 is 4.90 Å². The molecular weight excluding hydrogens is 321 g/mol. The number of nitrogens with zero attached hydrogens (tertiary/aromatic N) is 1. The fraction of sp³-hybridized carbons (Fsp3) is 0.188. The van der Waals surface area contributed by atoms with E-state index in [1.54, 1.807) is 35.2 Å². The molecule has 0 aromatic heterocycles. The fourth-order valence-corrected chi connectivity index (χ4v) is 2.24. The number of carbonyl (C=O) groups excluding carboxylic acids is 1. The van der Waals surface area contributed by atoms with Gasteiger partial charge in [0.25, 0.3) is 0 Å². The van der Waals surface area contributed by atoms with Crippen molar-refractivity contribution >= 4 is 27.4 Å². The average molecular weight is 336 g/mol. The van der Waals surface area contributed by atoms with Gasteiger partial charge >= 0.3 is 0 Å². The van der Waals surface area contributed by atoms with E-state index in [2.05, 4.69) is 15.9 Å². The van der Waals surface area contributed by atoms with E-state index in [0.717, 1.165) is 4.47 Å². The topological polar surface area (TPSA) is 20.3 Å². The van der Waals surface area contributed by atoms with Crippen LogP contribution in [-0.2, 0) is 0 Å². The third-order valence-electron chi connectivity index (χ3n) is 3.08. The van der Waals surface area contributed by atoms with E-state index < -0.39 is 0 Å². The first-order valence-electron chi connectivity index (χ1n) is 6.40. The first kappa shape index (κ1) is 14.7. The summed E-state index contributed by atoms with van der Waals surface area (Å²) in [6.45, 7) is 2.64. The molecule has 0 aliphatic carbocycles. The molecule has 0 aliphatic heterocycles. The maximum atomic E-state index is 13.8. The molecule has 0 radical (unpaired) electrons. The number of Topliss-reactive ketones (excluding diaryl/α,β-unsaturated/α-hetero) is 1. The van der Waals surface area contributed by atoms with Crippen molar-refractivity contribution in [3.05, 3.63) is 64.4 Å². The second-order valence-corrected chi connectivity index (χ2v) is 5.31. The third kappa shape index (κ3) is 3.45. The van der Waals surface area contributed by atoms with Gasteiger partial charge in [-0.25, -0.2) is 4.39 Å². The van der Waals surface area contributed by atoms with Crippen molar-refractivity contribution in [2.75, 3.05) is 18.0 Å². The summed E-state index contributed by atoms with van der Waals surface area (Å²) in [5, 5.41) is 0. The molecule has 2 aromatic carbocycles. The summed E-state index contributed by atoms with van der Waals surface area (Å²) in [4.78, 5) is 14.0. The van der Waals surface area contributed by atoms with Crippen molar-refractivity contribution in [2.45, 2.75) is 6.92 Å². The molecule has 0 saturated heterocycles. The zero-order valence-electron chi connectivity index (χ0n) is 11.1. The Labute approximate surface area is 126 Å². The minimum Gasteiger partial charge on any atom is -0.362 e. The highest BCUT2D eigenvalue weighted by atomic mass is 79.9. The Morgan fingerprint density at radius 2 is 1.80 bits per heavy atom. The van der Waals surface area contributed by atoms with Gasteiger partial charge in [-0.1, -0.05) is 40.2 Å². The highest BCUT2D eigenvalue weighted by Gasteiger charge is 2.14. The number of ketones is 1. The molecule has 0 atom stereocenters. The number of carbonyl (C=O) groups is 1. The number of anilines is 1. The summed E-state index contributed by atoms with van der Waals surface area (Å²) in [7, 11) is 0. The van der Waals surface area contributed by atoms with Gasteiger partial charge in [0, 0.05) is 16.6 Å². The number of hydrogen-bond donors (Lipinski definition) is 0. The Balaban J connectivity index is 2.16. The Hall–Kier alpha value is -1.68. The molecule has 0 bridgehead atoms. The van der Waals surface area contributed by atoms with Crippen LogP contribution in [0.3, 0.4) is 0 Å². The van der Waals surface area contributed by atoms with Crippen LogP contribution in [0.2, 0.25) is 0 Å². The van der Waals surface area contributed by atoms with Gasteiger partial charge in [-0.2, -0.15) is 0 Å². The number of likely N-dealkylation sites (N-methyl/N-ethyl adjacent to an activating group) is 1. The van der Waals surface area contributed by atoms with E-state index in [1.807, 2.05) is 19.1 Å². The molecule has 2 rings (SSSR count). The van der Waals surface area contributed by atoms with Crippen molar-refractivity contribution < 1.29 is 9.18 Å². The van der Waals surface area contributed by atoms with Gasteiger partial charge in [-0.15, -0.1) is 0 Å². The van der Waals surface area contributed by atoms with Crippen LogP contribution >= 0.6 is 15.9 Å². The molecule has 2 nitrogen and oxygen atoms in total. The van der Waals surface area contributed by atoms with Crippen LogP contribution < -0.4 is 4.90 Å². The highest BCUT2D eigenvalue weighted by molar-refractivity contribution is 9.10. The van der Waals surface area contributed by atoms with E-state index in [0.29, 0.717) is 17.8 Å². The number of para-hydroxylation sites is 1. The van der Waals surface area contributed by atoms with Crippen molar-refractivity contribution in [3.63, 3.8) is 0 Å². The molecule has 0 unspecified atom stereocenters. The second-order valence-electron chi connectivity index (χ2n) is 4.40. The molecule has 2 aromatic rings. The van der Waals surface area contributed by atoms with Crippen LogP contribution in [0.5, 0.6) is 0 Å². The number of halogens is 2. The first-order valence-corrected chi connectivity index (χ1v) is 7.19. The lowest BCUT2D eigenvalue weighted by Gasteiger charge is -2.22. The van der Waals surface area contributed by atoms with Crippen molar-refractivity contribution in [3.8, 4) is 0 Å². The molecule has 104 valence electrons. The van der Waals surface area contributed by atoms with Crippen LogP contribution in [0.25, 0.3) is 0 Å². The van der Waals surface area contributed by atoms with Crippen molar-refractivity contribution in [2.24, 2.45) is 0 Å². The smallest absolute Gasteiger partial charge is 0.182 e. The number of hydrogen-bond acceptors (Lipinski definition) is 2. The minimum atomic E-state index is -0.307. The summed E-state index contributed by atoms with van der Waals surface area (Å²) >= 11 is 3.33. The minimum absolute atomic E-state index is 0.0254. The van der Waals surface area contributed by atoms with E-state index in [4.69, 9.17) is 0 Å². The zero-order chi connectivity index (χ0) is 14.5. The molecule has 0 amide bonds. The van der Waals surface area contributed by atoms with Gasteiger partial charge in [0.1, 0.15) is 5.82 Å². The number of benzene rings is 2. The lowest BCUT2D eigenvalue weighted by molar-refractivity contribution is 0.0999. The third-order valence-corrected chi connectivity index (χ3v) is 3.60. The molecular formula is C16H15BrFNO. The highest BCUT2D eigenvalue weighted by Crippen LogP contribution is 2.19. The lowest BCUT2D eigenvalue weighted by atomic mass is 10.1. The maximum Gasteiger partial charge on any atom is 0.182 e. The predicted molar refractivity (Wildman–Crippen MR) is 82.8 cm³/mol. The molecule has 4 heteroatoms. The van der Waals surface area contributed by atoms with Gasteiger partial charge in [0.15, 0.2) is 5.78 Å². The van der Waals surface area contributed by atoms with Crippen LogP contribution in [-0.4, -0.2) is 18.9 Å². The quantitative estimate of drug-likeness (QED) is 0.759. The Morgan fingerprint density at radius 3 is 2.40 bits per heavy atom. The molecule has 0 spiro atoms. The summed E-state index contributed by atoms with van der Waals surface area (Å²) in [6.07, 6.45) is 0. The average Bonchev–Trinajstić information content (AvgIpc) is 2.46. The lowest BCUT2D eigenvalue weighted by Crippen LogP contribution is -2.30. The van der Waals surface area contributed by atoms with Gasteiger partial charge in [-0.05, 0) is 31.2 Å². The monoisotopic (exact) mass is 335 g/mol. The molecule has 0 N–H and O–H groups in total. The van der Waals surface area contributed by atoms with E-state index in [9.17, 15) is 9.18 Å². The zero-order valence-corrected chi connectivity index (χ0v) is 12.7. The number of rotatable bonds is 5. The molecule has 0 aliphatic rings. The molecule has 0 heterocycles. The molecule has 0 saturated carbocycles. The van der Waals surface area contributed by atoms with Crippen molar-refractivity contribution in [1.82, 2.24) is 0 Å². The van der Waals surface area contributed by atoms with Crippen LogP contribution in [0.15, 0.2) is 53.0 Å². The molecule has 20 heavy (non-hydrogen) atoms. The summed E-state index contributed by atoms with van der Waals surface area (Å²) in [5.74, 6) is -0.333.